The molecule has 7 nitrogen and oxygen atoms in total. The van der Waals surface area contributed by atoms with Gasteiger partial charge >= 0.3 is 0 Å². The van der Waals surface area contributed by atoms with E-state index in [9.17, 15) is 15.0 Å². The van der Waals surface area contributed by atoms with Crippen LogP contribution in [0.2, 0.25) is 0 Å². The van der Waals surface area contributed by atoms with Crippen molar-refractivity contribution in [2.75, 3.05) is 26.3 Å². The fourth-order valence-corrected chi connectivity index (χ4v) is 1.15. The summed E-state index contributed by atoms with van der Waals surface area (Å²) in [7, 11) is 0. The maximum Gasteiger partial charge on any atom is 0.222 e. The highest BCUT2D eigenvalue weighted by Crippen LogP contribution is 2.03. The summed E-state index contributed by atoms with van der Waals surface area (Å²) in [5, 5.41) is 30.2. The molecule has 0 spiro atoms. The van der Waals surface area contributed by atoms with E-state index < -0.39 is 24.2 Å². The summed E-state index contributed by atoms with van der Waals surface area (Å²) in [6.45, 7) is 2.85. The van der Waals surface area contributed by atoms with Gasteiger partial charge in [-0.1, -0.05) is 0 Å². The molecular formula is C10H22N2O5. The van der Waals surface area contributed by atoms with E-state index in [1.54, 1.807) is 0 Å². The Morgan fingerprint density at radius 2 is 2.00 bits per heavy atom. The fraction of sp³-hybridized carbons (Fsp3) is 0.900. The lowest BCUT2D eigenvalue weighted by molar-refractivity contribution is -0.126. The maximum atomic E-state index is 11.3. The number of nitrogens with one attached hydrogen (secondary N) is 1. The molecule has 3 unspecified atom stereocenters. The normalized spacial score (nSPS) is 16.3. The zero-order valence-corrected chi connectivity index (χ0v) is 10.0. The summed E-state index contributed by atoms with van der Waals surface area (Å²) in [5.41, 5.74) is 5.20. The number of hydrogen-bond donors (Lipinski definition) is 5. The molecule has 0 saturated heterocycles. The Hall–Kier alpha value is -0.730. The van der Waals surface area contributed by atoms with Crippen molar-refractivity contribution in [2.45, 2.75) is 31.7 Å². The van der Waals surface area contributed by atoms with Crippen molar-refractivity contribution in [3.05, 3.63) is 0 Å². The van der Waals surface area contributed by atoms with E-state index in [0.717, 1.165) is 0 Å². The van der Waals surface area contributed by atoms with Crippen molar-refractivity contribution in [3.8, 4) is 0 Å². The summed E-state index contributed by atoms with van der Waals surface area (Å²) in [6, 6.07) is 0. The van der Waals surface area contributed by atoms with Gasteiger partial charge < -0.3 is 31.1 Å². The third kappa shape index (κ3) is 8.06. The van der Waals surface area contributed by atoms with Gasteiger partial charge in [-0.15, -0.1) is 0 Å². The monoisotopic (exact) mass is 250 g/mol. The van der Waals surface area contributed by atoms with Crippen LogP contribution in [0.3, 0.4) is 0 Å². The minimum absolute atomic E-state index is 0.261. The van der Waals surface area contributed by atoms with Gasteiger partial charge in [0.05, 0.1) is 31.8 Å². The van der Waals surface area contributed by atoms with E-state index in [2.05, 4.69) is 5.32 Å². The first-order valence-electron chi connectivity index (χ1n) is 5.57. The molecule has 0 heterocycles. The molecule has 6 N–H and O–H groups in total. The van der Waals surface area contributed by atoms with Gasteiger partial charge in [0.2, 0.25) is 5.91 Å². The molecule has 0 aromatic heterocycles. The molecule has 0 aliphatic carbocycles. The Kier molecular flexibility index (Phi) is 8.92. The Morgan fingerprint density at radius 3 is 2.53 bits per heavy atom. The molecule has 0 aliphatic heterocycles. The molecule has 3 atom stereocenters. The van der Waals surface area contributed by atoms with Gasteiger partial charge in [0, 0.05) is 13.1 Å². The number of carbonyl (C=O) groups excluding carboxylic acids is 1. The van der Waals surface area contributed by atoms with Gasteiger partial charge in [0.15, 0.2) is 0 Å². The zero-order chi connectivity index (χ0) is 13.3. The molecule has 0 aliphatic rings. The average Bonchev–Trinajstić information content (AvgIpc) is 2.27. The van der Waals surface area contributed by atoms with E-state index in [0.29, 0.717) is 26.3 Å². The second-order valence-corrected chi connectivity index (χ2v) is 3.75. The molecule has 0 fully saturated rings. The number of rotatable bonds is 9. The fourth-order valence-electron chi connectivity index (χ4n) is 1.15. The van der Waals surface area contributed by atoms with Crippen LogP contribution in [0, 0.1) is 0 Å². The molecule has 0 bridgehead atoms. The van der Waals surface area contributed by atoms with Gasteiger partial charge in [0.25, 0.3) is 0 Å². The highest BCUT2D eigenvalue weighted by atomic mass is 16.5. The standard InChI is InChI=1S/C10H22N2O5/c1-7(13)10(16)8(14)6-9(15)12-3-5-17-4-2-11/h7-8,10,13-14,16H,2-6,11H2,1H3,(H,12,15). The molecule has 0 aromatic carbocycles. The first-order chi connectivity index (χ1) is 7.99. The number of amides is 1. The summed E-state index contributed by atoms with van der Waals surface area (Å²) < 4.78 is 5.03. The van der Waals surface area contributed by atoms with Crippen molar-refractivity contribution in [2.24, 2.45) is 5.73 Å². The van der Waals surface area contributed by atoms with Crippen LogP contribution < -0.4 is 11.1 Å². The lowest BCUT2D eigenvalue weighted by Crippen LogP contribution is -2.40. The number of carbonyl (C=O) groups is 1. The average molecular weight is 250 g/mol. The predicted octanol–water partition coefficient (Wildman–Crippen LogP) is -2.43. The van der Waals surface area contributed by atoms with Crippen molar-refractivity contribution in [1.82, 2.24) is 5.32 Å². The number of ether oxygens (including phenoxy) is 1. The zero-order valence-electron chi connectivity index (χ0n) is 10.0. The molecule has 0 saturated carbocycles. The van der Waals surface area contributed by atoms with E-state index in [1.165, 1.54) is 6.92 Å². The Bertz CT molecular complexity index is 213. The summed E-state index contributed by atoms with van der Waals surface area (Å²) in [6.07, 6.45) is -3.94. The predicted molar refractivity (Wildman–Crippen MR) is 61.2 cm³/mol. The van der Waals surface area contributed by atoms with E-state index in [1.807, 2.05) is 0 Å². The summed E-state index contributed by atoms with van der Waals surface area (Å²) in [4.78, 5) is 11.3. The number of aliphatic hydroxyl groups is 3. The second-order valence-electron chi connectivity index (χ2n) is 3.75. The lowest BCUT2D eigenvalue weighted by Gasteiger charge is -2.19. The van der Waals surface area contributed by atoms with Crippen LogP contribution in [0.4, 0.5) is 0 Å². The van der Waals surface area contributed by atoms with Gasteiger partial charge in [0.1, 0.15) is 6.10 Å². The van der Waals surface area contributed by atoms with Crippen LogP contribution in [-0.4, -0.2) is 65.8 Å². The molecule has 0 rings (SSSR count). The van der Waals surface area contributed by atoms with Crippen molar-refractivity contribution < 1.29 is 24.9 Å². The Labute approximate surface area is 101 Å². The van der Waals surface area contributed by atoms with Gasteiger partial charge in [-0.05, 0) is 6.92 Å². The summed E-state index contributed by atoms with van der Waals surface area (Å²) in [5.74, 6) is -0.409. The van der Waals surface area contributed by atoms with E-state index >= 15 is 0 Å². The lowest BCUT2D eigenvalue weighted by atomic mass is 10.1. The van der Waals surface area contributed by atoms with Crippen LogP contribution in [0.25, 0.3) is 0 Å². The van der Waals surface area contributed by atoms with Crippen LogP contribution in [0.5, 0.6) is 0 Å². The van der Waals surface area contributed by atoms with E-state index in [4.69, 9.17) is 15.6 Å². The molecule has 17 heavy (non-hydrogen) atoms. The minimum Gasteiger partial charge on any atom is -0.391 e. The minimum atomic E-state index is -1.32. The largest absolute Gasteiger partial charge is 0.391 e. The number of nitrogens with two attached hydrogens (primary N) is 1. The SMILES string of the molecule is CC(O)C(O)C(O)CC(=O)NCCOCCN. The first kappa shape index (κ1) is 16.3. The second kappa shape index (κ2) is 9.32. The third-order valence-electron chi connectivity index (χ3n) is 2.11. The Balaban J connectivity index is 3.64. The van der Waals surface area contributed by atoms with Crippen LogP contribution in [0.15, 0.2) is 0 Å². The topological polar surface area (TPSA) is 125 Å². The highest BCUT2D eigenvalue weighted by Gasteiger charge is 2.23. The molecule has 7 heteroatoms. The van der Waals surface area contributed by atoms with Crippen molar-refractivity contribution in [3.63, 3.8) is 0 Å². The van der Waals surface area contributed by atoms with Gasteiger partial charge in [-0.3, -0.25) is 4.79 Å². The number of hydrogen-bond acceptors (Lipinski definition) is 6. The molecule has 0 aromatic rings. The quantitative estimate of drug-likeness (QED) is 0.290. The smallest absolute Gasteiger partial charge is 0.222 e. The molecular weight excluding hydrogens is 228 g/mol. The molecule has 1 amide bonds. The number of aliphatic hydroxyl groups excluding tert-OH is 3. The van der Waals surface area contributed by atoms with Crippen LogP contribution in [0.1, 0.15) is 13.3 Å². The highest BCUT2D eigenvalue weighted by molar-refractivity contribution is 5.76. The van der Waals surface area contributed by atoms with Crippen molar-refractivity contribution >= 4 is 5.91 Å². The third-order valence-corrected chi connectivity index (χ3v) is 2.11. The molecule has 0 radical (unpaired) electrons. The van der Waals surface area contributed by atoms with Crippen LogP contribution in [-0.2, 0) is 9.53 Å². The first-order valence-corrected chi connectivity index (χ1v) is 5.57. The molecule has 102 valence electrons. The maximum absolute atomic E-state index is 11.3. The van der Waals surface area contributed by atoms with E-state index in [-0.39, 0.29) is 6.42 Å². The summed E-state index contributed by atoms with van der Waals surface area (Å²) >= 11 is 0. The van der Waals surface area contributed by atoms with Gasteiger partial charge in [-0.2, -0.15) is 0 Å². The van der Waals surface area contributed by atoms with Gasteiger partial charge in [-0.25, -0.2) is 0 Å². The Morgan fingerprint density at radius 1 is 1.35 bits per heavy atom. The van der Waals surface area contributed by atoms with Crippen molar-refractivity contribution in [1.29, 1.82) is 0 Å². The van der Waals surface area contributed by atoms with Crippen LogP contribution >= 0.6 is 0 Å².